The van der Waals surface area contributed by atoms with E-state index in [2.05, 4.69) is 24.3 Å². The Balaban J connectivity index is 2.31. The van der Waals surface area contributed by atoms with E-state index in [9.17, 15) is 4.79 Å². The van der Waals surface area contributed by atoms with E-state index in [1.54, 1.807) is 19.0 Å². The molecule has 132 valence electrons. The number of carbonyl (C=O) groups is 1. The minimum absolute atomic E-state index is 0.0484. The maximum atomic E-state index is 13.3. The van der Waals surface area contributed by atoms with Gasteiger partial charge in [0.1, 0.15) is 0 Å². The average Bonchev–Trinajstić information content (AvgIpc) is 2.70. The van der Waals surface area contributed by atoms with Crippen molar-refractivity contribution in [1.82, 2.24) is 4.90 Å². The normalized spacial score (nSPS) is 12.4. The van der Waals surface area contributed by atoms with E-state index in [-0.39, 0.29) is 5.91 Å². The molecule has 0 fully saturated rings. The summed E-state index contributed by atoms with van der Waals surface area (Å²) in [5.74, 6) is 0.0484. The van der Waals surface area contributed by atoms with E-state index in [0.717, 1.165) is 16.2 Å². The van der Waals surface area contributed by atoms with Crippen molar-refractivity contribution in [3.05, 3.63) is 96.6 Å². The number of carbonyl (C=O) groups excluding carboxylic acids is 1. The van der Waals surface area contributed by atoms with Crippen molar-refractivity contribution >= 4 is 34.4 Å². The zero-order valence-corrected chi connectivity index (χ0v) is 16.7. The summed E-state index contributed by atoms with van der Waals surface area (Å²) in [4.78, 5) is 15.0. The highest BCUT2D eigenvalue weighted by Gasteiger charge is 2.39. The largest absolute Gasteiger partial charge is 0.348 e. The van der Waals surface area contributed by atoms with Gasteiger partial charge in [-0.1, -0.05) is 103 Å². The van der Waals surface area contributed by atoms with Gasteiger partial charge >= 0.3 is 0 Å². The second-order valence-electron chi connectivity index (χ2n) is 6.37. The molecular weight excluding hydrogens is 357 g/mol. The molecule has 26 heavy (non-hydrogen) atoms. The lowest BCUT2D eigenvalue weighted by Crippen LogP contribution is -2.33. The Kier molecular flexibility index (Phi) is 5.70. The quantitative estimate of drug-likeness (QED) is 0.626. The van der Waals surface area contributed by atoms with Gasteiger partial charge in [0, 0.05) is 20.1 Å². The van der Waals surface area contributed by atoms with Crippen LogP contribution in [0.25, 0.3) is 0 Å². The fourth-order valence-electron chi connectivity index (χ4n) is 3.13. The summed E-state index contributed by atoms with van der Waals surface area (Å²) in [7, 11) is 3.60. The summed E-state index contributed by atoms with van der Waals surface area (Å²) >= 11 is 6.40. The van der Waals surface area contributed by atoms with Gasteiger partial charge in [0.25, 0.3) is 0 Å². The predicted molar refractivity (Wildman–Crippen MR) is 114 cm³/mol. The monoisotopic (exact) mass is 379 g/mol. The highest BCUT2D eigenvalue weighted by molar-refractivity contribution is 8.22. The standard InChI is InChI=1S/C22H22NOPS/c1-23(2)22(24)21(18-12-6-3-7-13-18)25(26,19-14-8-4-9-15-19)20-16-10-5-11-17-20/h3-17,21H,1-2H3. The van der Waals surface area contributed by atoms with Crippen molar-refractivity contribution in [3.63, 3.8) is 0 Å². The molecule has 3 aromatic rings. The molecule has 0 heterocycles. The average molecular weight is 379 g/mol. The number of likely N-dealkylation sites (N-methyl/N-ethyl adjacent to an activating group) is 1. The van der Waals surface area contributed by atoms with Crippen LogP contribution in [0.4, 0.5) is 0 Å². The maximum Gasteiger partial charge on any atom is 0.235 e. The third-order valence-electron chi connectivity index (χ3n) is 4.43. The first kappa shape index (κ1) is 18.6. The molecule has 0 aliphatic carbocycles. The lowest BCUT2D eigenvalue weighted by molar-refractivity contribution is -0.128. The van der Waals surface area contributed by atoms with Crippen LogP contribution in [0.2, 0.25) is 0 Å². The molecule has 0 bridgehead atoms. The molecule has 1 atom stereocenters. The van der Waals surface area contributed by atoms with Crippen LogP contribution >= 0.6 is 6.04 Å². The number of hydrogen-bond donors (Lipinski definition) is 0. The zero-order chi connectivity index (χ0) is 18.6. The number of hydrogen-bond acceptors (Lipinski definition) is 2. The fraction of sp³-hybridized carbons (Fsp3) is 0.136. The Morgan fingerprint density at radius 3 is 1.54 bits per heavy atom. The molecule has 4 heteroatoms. The molecule has 0 aromatic heterocycles. The highest BCUT2D eigenvalue weighted by atomic mass is 32.4. The van der Waals surface area contributed by atoms with Crippen LogP contribution in [0.3, 0.4) is 0 Å². The Hall–Kier alpha value is -2.22. The molecule has 0 aliphatic heterocycles. The van der Waals surface area contributed by atoms with E-state index in [0.29, 0.717) is 0 Å². The van der Waals surface area contributed by atoms with Crippen LogP contribution in [-0.4, -0.2) is 24.9 Å². The lowest BCUT2D eigenvalue weighted by atomic mass is 10.1. The number of benzene rings is 3. The summed E-state index contributed by atoms with van der Waals surface area (Å²) in [6, 6.07) is 27.7. The molecule has 0 radical (unpaired) electrons. The van der Waals surface area contributed by atoms with Crippen LogP contribution in [0.1, 0.15) is 11.2 Å². The molecule has 1 unspecified atom stereocenters. The molecule has 3 aromatic carbocycles. The number of rotatable bonds is 5. The van der Waals surface area contributed by atoms with Crippen LogP contribution in [0.5, 0.6) is 0 Å². The van der Waals surface area contributed by atoms with Crippen molar-refractivity contribution in [3.8, 4) is 0 Å². The van der Waals surface area contributed by atoms with Gasteiger partial charge in [-0.25, -0.2) is 0 Å². The molecule has 2 nitrogen and oxygen atoms in total. The first-order valence-electron chi connectivity index (χ1n) is 8.52. The minimum Gasteiger partial charge on any atom is -0.348 e. The van der Waals surface area contributed by atoms with E-state index >= 15 is 0 Å². The lowest BCUT2D eigenvalue weighted by Gasteiger charge is -2.33. The highest BCUT2D eigenvalue weighted by Crippen LogP contribution is 2.58. The summed E-state index contributed by atoms with van der Waals surface area (Å²) in [6.07, 6.45) is 0. The van der Waals surface area contributed by atoms with Gasteiger partial charge in [0.15, 0.2) is 0 Å². The molecule has 0 spiro atoms. The molecule has 1 amide bonds. The summed E-state index contributed by atoms with van der Waals surface area (Å²) in [5, 5.41) is 2.12. The van der Waals surface area contributed by atoms with Crippen molar-refractivity contribution in [2.45, 2.75) is 5.66 Å². The van der Waals surface area contributed by atoms with Crippen LogP contribution in [0, 0.1) is 0 Å². The van der Waals surface area contributed by atoms with E-state index in [4.69, 9.17) is 11.8 Å². The van der Waals surface area contributed by atoms with E-state index in [1.165, 1.54) is 0 Å². The van der Waals surface area contributed by atoms with Crippen LogP contribution < -0.4 is 10.6 Å². The molecule has 0 aliphatic rings. The first-order valence-corrected chi connectivity index (χ1v) is 11.4. The van der Waals surface area contributed by atoms with Crippen LogP contribution in [-0.2, 0) is 16.6 Å². The van der Waals surface area contributed by atoms with Crippen molar-refractivity contribution in [2.24, 2.45) is 0 Å². The van der Waals surface area contributed by atoms with Crippen molar-refractivity contribution < 1.29 is 4.79 Å². The summed E-state index contributed by atoms with van der Waals surface area (Å²) in [6.45, 7) is 0. The Morgan fingerprint density at radius 1 is 0.769 bits per heavy atom. The van der Waals surface area contributed by atoms with Crippen molar-refractivity contribution in [2.75, 3.05) is 14.1 Å². The third kappa shape index (κ3) is 3.51. The zero-order valence-electron chi connectivity index (χ0n) is 14.9. The van der Waals surface area contributed by atoms with E-state index < -0.39 is 11.7 Å². The van der Waals surface area contributed by atoms with Gasteiger partial charge in [0.05, 0.1) is 5.66 Å². The SMILES string of the molecule is CN(C)C(=O)C(c1ccccc1)P(=S)(c1ccccc1)c1ccccc1. The van der Waals surface area contributed by atoms with Gasteiger partial charge in [-0.15, -0.1) is 0 Å². The molecule has 3 rings (SSSR count). The molecule has 0 saturated heterocycles. The topological polar surface area (TPSA) is 20.3 Å². The third-order valence-corrected chi connectivity index (χ3v) is 9.71. The second-order valence-corrected chi connectivity index (χ2v) is 11.0. The van der Waals surface area contributed by atoms with Gasteiger partial charge in [-0.05, 0) is 16.2 Å². The van der Waals surface area contributed by atoms with Gasteiger partial charge in [0.2, 0.25) is 5.91 Å². The van der Waals surface area contributed by atoms with Crippen molar-refractivity contribution in [1.29, 1.82) is 0 Å². The van der Waals surface area contributed by atoms with E-state index in [1.807, 2.05) is 66.7 Å². The second kappa shape index (κ2) is 7.99. The summed E-state index contributed by atoms with van der Waals surface area (Å²) in [5.41, 5.74) is 0.584. The number of amides is 1. The molecule has 0 saturated carbocycles. The summed E-state index contributed by atoms with van der Waals surface area (Å²) < 4.78 is 0. The Bertz CT molecular complexity index is 867. The predicted octanol–water partition coefficient (Wildman–Crippen LogP) is 3.95. The van der Waals surface area contributed by atoms with Gasteiger partial charge in [-0.2, -0.15) is 0 Å². The van der Waals surface area contributed by atoms with Crippen LogP contribution in [0.15, 0.2) is 91.0 Å². The smallest absolute Gasteiger partial charge is 0.235 e. The van der Waals surface area contributed by atoms with Gasteiger partial charge in [-0.3, -0.25) is 4.79 Å². The van der Waals surface area contributed by atoms with Gasteiger partial charge < -0.3 is 4.90 Å². The maximum absolute atomic E-state index is 13.3. The Labute approximate surface area is 160 Å². The molecular formula is C22H22NOPS. The minimum atomic E-state index is -2.42. The molecule has 0 N–H and O–H groups in total. The Morgan fingerprint density at radius 2 is 1.15 bits per heavy atom. The number of nitrogens with zero attached hydrogens (tertiary/aromatic N) is 1. The fourth-order valence-corrected chi connectivity index (χ4v) is 7.76. The first-order chi connectivity index (χ1) is 12.5.